The Morgan fingerprint density at radius 2 is 1.76 bits per heavy atom. The van der Waals surface area contributed by atoms with E-state index in [-0.39, 0.29) is 5.78 Å². The summed E-state index contributed by atoms with van der Waals surface area (Å²) in [5.74, 6) is 1.17. The van der Waals surface area contributed by atoms with Gasteiger partial charge in [-0.3, -0.25) is 4.79 Å². The number of hydrogen-bond donors (Lipinski definition) is 0. The summed E-state index contributed by atoms with van der Waals surface area (Å²) >= 11 is 7.31. The standard InChI is InChI=1S/C19H18ClN3OS/c1-3-13-4-6-14(7-5-13)17(24)12-25-19-22-21-18(23(19)2)15-8-10-16(20)11-9-15/h4-11H,3,12H2,1-2H3. The number of ketones is 1. The van der Waals surface area contributed by atoms with E-state index in [1.807, 2.05) is 60.1 Å². The summed E-state index contributed by atoms with van der Waals surface area (Å²) < 4.78 is 1.89. The monoisotopic (exact) mass is 371 g/mol. The molecule has 0 saturated heterocycles. The van der Waals surface area contributed by atoms with Crippen molar-refractivity contribution in [3.05, 3.63) is 64.7 Å². The van der Waals surface area contributed by atoms with Gasteiger partial charge in [-0.25, -0.2) is 0 Å². The van der Waals surface area contributed by atoms with Gasteiger partial charge in [-0.05, 0) is 36.2 Å². The molecule has 0 aliphatic heterocycles. The van der Waals surface area contributed by atoms with Gasteiger partial charge in [0, 0.05) is 23.2 Å². The van der Waals surface area contributed by atoms with E-state index in [4.69, 9.17) is 11.6 Å². The summed E-state index contributed by atoms with van der Waals surface area (Å²) in [5, 5.41) is 9.82. The van der Waals surface area contributed by atoms with Crippen molar-refractivity contribution in [2.24, 2.45) is 7.05 Å². The molecule has 0 atom stereocenters. The lowest BCUT2D eigenvalue weighted by Crippen LogP contribution is -2.04. The highest BCUT2D eigenvalue weighted by atomic mass is 35.5. The van der Waals surface area contributed by atoms with Crippen molar-refractivity contribution in [3.63, 3.8) is 0 Å². The molecule has 0 saturated carbocycles. The first-order chi connectivity index (χ1) is 12.1. The summed E-state index contributed by atoms with van der Waals surface area (Å²) in [4.78, 5) is 12.4. The Bertz CT molecular complexity index is 873. The number of rotatable bonds is 6. The molecule has 0 N–H and O–H groups in total. The topological polar surface area (TPSA) is 47.8 Å². The maximum Gasteiger partial charge on any atom is 0.191 e. The third-order valence-corrected chi connectivity index (χ3v) is 5.23. The molecule has 128 valence electrons. The third kappa shape index (κ3) is 4.11. The molecule has 3 aromatic rings. The Morgan fingerprint density at radius 3 is 2.40 bits per heavy atom. The number of carbonyl (C=O) groups excluding carboxylic acids is 1. The number of aryl methyl sites for hydroxylation is 1. The number of nitrogens with zero attached hydrogens (tertiary/aromatic N) is 3. The molecule has 0 bridgehead atoms. The van der Waals surface area contributed by atoms with Crippen LogP contribution in [0.25, 0.3) is 11.4 Å². The second kappa shape index (κ2) is 7.85. The summed E-state index contributed by atoms with van der Waals surface area (Å²) in [6.45, 7) is 2.10. The van der Waals surface area contributed by atoms with Crippen LogP contribution in [0.2, 0.25) is 5.02 Å². The van der Waals surface area contributed by atoms with E-state index in [0.29, 0.717) is 15.9 Å². The van der Waals surface area contributed by atoms with Crippen molar-refractivity contribution < 1.29 is 4.79 Å². The fourth-order valence-electron chi connectivity index (χ4n) is 2.43. The second-order valence-electron chi connectivity index (χ2n) is 5.63. The molecule has 1 aromatic heterocycles. The van der Waals surface area contributed by atoms with Crippen LogP contribution in [0.1, 0.15) is 22.8 Å². The first-order valence-corrected chi connectivity index (χ1v) is 9.35. The van der Waals surface area contributed by atoms with Gasteiger partial charge in [0.1, 0.15) is 0 Å². The number of Topliss-reactive ketones (excluding diaryl/α,β-unsaturated/α-hetero) is 1. The molecule has 1 heterocycles. The van der Waals surface area contributed by atoms with Crippen molar-refractivity contribution >= 4 is 29.1 Å². The van der Waals surface area contributed by atoms with Crippen molar-refractivity contribution in [1.29, 1.82) is 0 Å². The van der Waals surface area contributed by atoms with E-state index in [9.17, 15) is 4.79 Å². The van der Waals surface area contributed by atoms with E-state index >= 15 is 0 Å². The maximum atomic E-state index is 12.4. The van der Waals surface area contributed by atoms with Gasteiger partial charge in [-0.15, -0.1) is 10.2 Å². The summed E-state index contributed by atoms with van der Waals surface area (Å²) in [7, 11) is 1.90. The van der Waals surface area contributed by atoms with Crippen LogP contribution in [-0.4, -0.2) is 26.3 Å². The molecule has 0 spiro atoms. The van der Waals surface area contributed by atoms with Gasteiger partial charge in [0.2, 0.25) is 0 Å². The largest absolute Gasteiger partial charge is 0.305 e. The van der Waals surface area contributed by atoms with Crippen molar-refractivity contribution in [1.82, 2.24) is 14.8 Å². The molecule has 0 amide bonds. The zero-order valence-electron chi connectivity index (χ0n) is 14.1. The summed E-state index contributed by atoms with van der Waals surface area (Å²) in [5.41, 5.74) is 2.89. The van der Waals surface area contributed by atoms with Crippen LogP contribution in [0, 0.1) is 0 Å². The normalized spacial score (nSPS) is 10.8. The number of thioether (sulfide) groups is 1. The molecule has 0 radical (unpaired) electrons. The number of aromatic nitrogens is 3. The molecule has 3 rings (SSSR count). The SMILES string of the molecule is CCc1ccc(C(=O)CSc2nnc(-c3ccc(Cl)cc3)n2C)cc1. The highest BCUT2D eigenvalue weighted by Gasteiger charge is 2.13. The van der Waals surface area contributed by atoms with E-state index in [2.05, 4.69) is 17.1 Å². The lowest BCUT2D eigenvalue weighted by Gasteiger charge is -2.04. The molecular weight excluding hydrogens is 354 g/mol. The van der Waals surface area contributed by atoms with Crippen LogP contribution >= 0.6 is 23.4 Å². The quantitative estimate of drug-likeness (QED) is 0.466. The van der Waals surface area contributed by atoms with Gasteiger partial charge < -0.3 is 4.57 Å². The Morgan fingerprint density at radius 1 is 1.08 bits per heavy atom. The average molecular weight is 372 g/mol. The van der Waals surface area contributed by atoms with E-state index in [1.54, 1.807) is 0 Å². The minimum absolute atomic E-state index is 0.0868. The molecular formula is C19H18ClN3OS. The van der Waals surface area contributed by atoms with Crippen molar-refractivity contribution in [2.45, 2.75) is 18.5 Å². The van der Waals surface area contributed by atoms with Crippen LogP contribution in [0.5, 0.6) is 0 Å². The van der Waals surface area contributed by atoms with Crippen LogP contribution in [0.15, 0.2) is 53.7 Å². The zero-order valence-corrected chi connectivity index (χ0v) is 15.6. The third-order valence-electron chi connectivity index (χ3n) is 3.95. The van der Waals surface area contributed by atoms with Gasteiger partial charge >= 0.3 is 0 Å². The average Bonchev–Trinajstić information content (AvgIpc) is 3.01. The molecule has 6 heteroatoms. The number of halogens is 1. The molecule has 0 unspecified atom stereocenters. The molecule has 25 heavy (non-hydrogen) atoms. The van der Waals surface area contributed by atoms with Crippen molar-refractivity contribution in [3.8, 4) is 11.4 Å². The molecule has 0 aliphatic carbocycles. The van der Waals surface area contributed by atoms with Crippen LogP contribution in [-0.2, 0) is 13.5 Å². The Kier molecular flexibility index (Phi) is 5.56. The predicted molar refractivity (Wildman–Crippen MR) is 102 cm³/mol. The highest BCUT2D eigenvalue weighted by molar-refractivity contribution is 7.99. The van der Waals surface area contributed by atoms with Crippen LogP contribution in [0.3, 0.4) is 0 Å². The first-order valence-electron chi connectivity index (χ1n) is 7.98. The van der Waals surface area contributed by atoms with Crippen LogP contribution in [0.4, 0.5) is 0 Å². The summed E-state index contributed by atoms with van der Waals surface area (Å²) in [6, 6.07) is 15.2. The molecule has 2 aromatic carbocycles. The minimum Gasteiger partial charge on any atom is -0.305 e. The smallest absolute Gasteiger partial charge is 0.191 e. The lowest BCUT2D eigenvalue weighted by atomic mass is 10.1. The highest BCUT2D eigenvalue weighted by Crippen LogP contribution is 2.24. The van der Waals surface area contributed by atoms with E-state index in [1.165, 1.54) is 17.3 Å². The molecule has 4 nitrogen and oxygen atoms in total. The Balaban J connectivity index is 1.69. The predicted octanol–water partition coefficient (Wildman–Crippen LogP) is 4.67. The number of carbonyl (C=O) groups is 1. The van der Waals surface area contributed by atoms with Crippen LogP contribution < -0.4 is 0 Å². The van der Waals surface area contributed by atoms with Gasteiger partial charge in [0.05, 0.1) is 5.75 Å². The maximum absolute atomic E-state index is 12.4. The van der Waals surface area contributed by atoms with Crippen molar-refractivity contribution in [2.75, 3.05) is 5.75 Å². The molecule has 0 aliphatic rings. The van der Waals surface area contributed by atoms with Gasteiger partial charge in [0.15, 0.2) is 16.8 Å². The lowest BCUT2D eigenvalue weighted by molar-refractivity contribution is 0.102. The number of benzene rings is 2. The Hall–Kier alpha value is -2.11. The zero-order chi connectivity index (χ0) is 17.8. The minimum atomic E-state index is 0.0868. The number of hydrogen-bond acceptors (Lipinski definition) is 4. The van der Waals surface area contributed by atoms with Gasteiger partial charge in [-0.2, -0.15) is 0 Å². The Labute approximate surface area is 156 Å². The van der Waals surface area contributed by atoms with E-state index in [0.717, 1.165) is 23.4 Å². The van der Waals surface area contributed by atoms with E-state index < -0.39 is 0 Å². The first kappa shape index (κ1) is 17.7. The second-order valence-corrected chi connectivity index (χ2v) is 7.01. The fraction of sp³-hybridized carbons (Fsp3) is 0.211. The fourth-order valence-corrected chi connectivity index (χ4v) is 3.36. The van der Waals surface area contributed by atoms with Gasteiger partial charge in [0.25, 0.3) is 0 Å². The summed E-state index contributed by atoms with van der Waals surface area (Å²) in [6.07, 6.45) is 0.968. The molecule has 0 fully saturated rings. The van der Waals surface area contributed by atoms with Gasteiger partial charge in [-0.1, -0.05) is 54.6 Å².